The molecule has 0 radical (unpaired) electrons. The van der Waals surface area contributed by atoms with Crippen LogP contribution in [-0.4, -0.2) is 45.4 Å². The maximum absolute atomic E-state index is 11.9. The molecule has 2 amide bonds. The first-order valence-electron chi connectivity index (χ1n) is 5.49. The Hall–Kier alpha value is -1.96. The molecule has 0 atom stereocenters. The van der Waals surface area contributed by atoms with Crippen molar-refractivity contribution in [2.75, 3.05) is 25.2 Å². The molecule has 1 aromatic heterocycles. The molecular formula is C10H15ClN6O2. The molecular weight excluding hydrogens is 272 g/mol. The summed E-state index contributed by atoms with van der Waals surface area (Å²) in [6.07, 6.45) is 1.54. The topological polar surface area (TPSA) is 105 Å². The number of anilines is 1. The third kappa shape index (κ3) is 4.02. The number of aromatic nitrogens is 2. The molecule has 104 valence electrons. The Morgan fingerprint density at radius 3 is 2.79 bits per heavy atom. The van der Waals surface area contributed by atoms with E-state index in [4.69, 9.17) is 17.3 Å². The maximum Gasteiger partial charge on any atom is 0.343 e. The summed E-state index contributed by atoms with van der Waals surface area (Å²) in [6.45, 7) is 1.95. The fourth-order valence-corrected chi connectivity index (χ4v) is 1.57. The van der Waals surface area contributed by atoms with Crippen molar-refractivity contribution >= 4 is 23.4 Å². The lowest BCUT2D eigenvalue weighted by atomic mass is 10.3. The molecule has 0 aliphatic heterocycles. The van der Waals surface area contributed by atoms with Gasteiger partial charge < -0.3 is 10.6 Å². The highest BCUT2D eigenvalue weighted by Gasteiger charge is 2.19. The summed E-state index contributed by atoms with van der Waals surface area (Å²) in [6, 6.07) is -0.560. The van der Waals surface area contributed by atoms with Crippen LogP contribution in [0.1, 0.15) is 11.4 Å². The van der Waals surface area contributed by atoms with Crippen molar-refractivity contribution in [2.45, 2.75) is 13.5 Å². The molecule has 0 saturated carbocycles. The Bertz CT molecular complexity index is 469. The van der Waals surface area contributed by atoms with Gasteiger partial charge in [-0.25, -0.2) is 14.8 Å². The Balaban J connectivity index is 2.75. The summed E-state index contributed by atoms with van der Waals surface area (Å²) < 4.78 is 0. The summed E-state index contributed by atoms with van der Waals surface area (Å²) in [5.74, 6) is 0.977. The van der Waals surface area contributed by atoms with E-state index in [2.05, 4.69) is 15.3 Å². The lowest BCUT2D eigenvalue weighted by molar-refractivity contribution is 0.164. The highest BCUT2D eigenvalue weighted by atomic mass is 35.5. The van der Waals surface area contributed by atoms with Gasteiger partial charge in [0.05, 0.1) is 18.4 Å². The number of aryl methyl sites for hydroxylation is 1. The molecule has 0 aromatic carbocycles. The maximum atomic E-state index is 11.9. The smallest absolute Gasteiger partial charge is 0.343 e. The second-order valence-corrected chi connectivity index (χ2v) is 4.24. The predicted molar refractivity (Wildman–Crippen MR) is 71.3 cm³/mol. The summed E-state index contributed by atoms with van der Waals surface area (Å²) >= 11 is 5.48. The molecule has 0 aliphatic carbocycles. The molecule has 1 rings (SSSR count). The molecule has 8 nitrogen and oxygen atoms in total. The molecule has 0 bridgehead atoms. The molecule has 1 aromatic rings. The minimum atomic E-state index is -0.560. The van der Waals surface area contributed by atoms with E-state index in [0.717, 1.165) is 5.01 Å². The van der Waals surface area contributed by atoms with E-state index in [1.807, 2.05) is 0 Å². The average Bonchev–Trinajstić information content (AvgIpc) is 2.38. The predicted octanol–water partition coefficient (Wildman–Crippen LogP) is 1.14. The number of carbonyl (C=O) groups excluding carboxylic acids is 1. The third-order valence-electron chi connectivity index (χ3n) is 2.37. The molecule has 1 heterocycles. The van der Waals surface area contributed by atoms with Crippen LogP contribution in [0.4, 0.5) is 10.6 Å². The van der Waals surface area contributed by atoms with E-state index in [-0.39, 0.29) is 19.0 Å². The van der Waals surface area contributed by atoms with Gasteiger partial charge in [0, 0.05) is 24.7 Å². The first-order valence-corrected chi connectivity index (χ1v) is 6.03. The van der Waals surface area contributed by atoms with Gasteiger partial charge in [-0.3, -0.25) is 0 Å². The molecule has 0 saturated heterocycles. The van der Waals surface area contributed by atoms with Gasteiger partial charge in [-0.05, 0) is 6.92 Å². The van der Waals surface area contributed by atoms with Crippen LogP contribution >= 0.6 is 11.6 Å². The van der Waals surface area contributed by atoms with Gasteiger partial charge in [0.25, 0.3) is 0 Å². The average molecular weight is 287 g/mol. The van der Waals surface area contributed by atoms with Gasteiger partial charge in [-0.15, -0.1) is 16.5 Å². The lowest BCUT2D eigenvalue weighted by Crippen LogP contribution is -2.38. The van der Waals surface area contributed by atoms with E-state index in [0.29, 0.717) is 17.2 Å². The molecule has 9 heteroatoms. The molecule has 0 aliphatic rings. The van der Waals surface area contributed by atoms with Gasteiger partial charge in [0.15, 0.2) is 0 Å². The monoisotopic (exact) mass is 286 g/mol. The van der Waals surface area contributed by atoms with Gasteiger partial charge >= 0.3 is 6.03 Å². The standard InChI is InChI=1S/C10H15ClN6O2/c1-7-13-5-8(9(12)14-7)6-16(2)10(18)17(15-19)4-3-11/h5H,3-4,6H2,1-2H3,(H2,12,13,14). The number of halogens is 1. The van der Waals surface area contributed by atoms with Crippen molar-refractivity contribution < 1.29 is 4.79 Å². The molecule has 0 unspecified atom stereocenters. The van der Waals surface area contributed by atoms with Gasteiger partial charge in [-0.1, -0.05) is 0 Å². The third-order valence-corrected chi connectivity index (χ3v) is 2.54. The SMILES string of the molecule is Cc1ncc(CN(C)C(=O)N(CCCl)N=O)c(N)n1. The van der Waals surface area contributed by atoms with E-state index in [1.165, 1.54) is 11.9 Å². The van der Waals surface area contributed by atoms with Gasteiger partial charge in [0.1, 0.15) is 11.6 Å². The molecule has 0 spiro atoms. The Morgan fingerprint density at radius 2 is 2.26 bits per heavy atom. The molecule has 2 N–H and O–H groups in total. The van der Waals surface area contributed by atoms with Crippen LogP contribution in [0.2, 0.25) is 0 Å². The van der Waals surface area contributed by atoms with E-state index < -0.39 is 6.03 Å². The number of hydrogen-bond donors (Lipinski definition) is 1. The number of nitrogens with two attached hydrogens (primary N) is 1. The van der Waals surface area contributed by atoms with Crippen LogP contribution in [-0.2, 0) is 6.54 Å². The first kappa shape index (κ1) is 15.1. The zero-order valence-electron chi connectivity index (χ0n) is 10.7. The van der Waals surface area contributed by atoms with Crippen molar-refractivity contribution in [2.24, 2.45) is 5.29 Å². The zero-order chi connectivity index (χ0) is 14.4. The fraction of sp³-hybridized carbons (Fsp3) is 0.500. The van der Waals surface area contributed by atoms with Crippen LogP contribution in [0.3, 0.4) is 0 Å². The largest absolute Gasteiger partial charge is 0.383 e. The second-order valence-electron chi connectivity index (χ2n) is 3.86. The summed E-state index contributed by atoms with van der Waals surface area (Å²) in [5.41, 5.74) is 6.32. The summed E-state index contributed by atoms with van der Waals surface area (Å²) in [7, 11) is 1.52. The number of nitrogen functional groups attached to an aromatic ring is 1. The minimum Gasteiger partial charge on any atom is -0.383 e. The number of urea groups is 1. The van der Waals surface area contributed by atoms with Crippen molar-refractivity contribution in [1.82, 2.24) is 19.9 Å². The number of rotatable bonds is 5. The van der Waals surface area contributed by atoms with Crippen molar-refractivity contribution in [3.05, 3.63) is 22.5 Å². The van der Waals surface area contributed by atoms with Gasteiger partial charge in [0.2, 0.25) is 0 Å². The summed E-state index contributed by atoms with van der Waals surface area (Å²) in [5, 5.41) is 3.37. The minimum absolute atomic E-state index is 0.0497. The Labute approximate surface area is 115 Å². The van der Waals surface area contributed by atoms with Crippen LogP contribution in [0.5, 0.6) is 0 Å². The van der Waals surface area contributed by atoms with Crippen LogP contribution < -0.4 is 5.73 Å². The molecule has 0 fully saturated rings. The lowest BCUT2D eigenvalue weighted by Gasteiger charge is -2.21. The first-order chi connectivity index (χ1) is 8.99. The van der Waals surface area contributed by atoms with Crippen LogP contribution in [0, 0.1) is 11.8 Å². The van der Waals surface area contributed by atoms with Crippen molar-refractivity contribution in [1.29, 1.82) is 0 Å². The number of nitroso groups, excluding NO2 is 1. The van der Waals surface area contributed by atoms with Crippen molar-refractivity contribution in [3.63, 3.8) is 0 Å². The number of nitrogens with zero attached hydrogens (tertiary/aromatic N) is 5. The quantitative estimate of drug-likeness (QED) is 0.496. The van der Waals surface area contributed by atoms with Crippen LogP contribution in [0.15, 0.2) is 11.5 Å². The fourth-order valence-electron chi connectivity index (χ4n) is 1.41. The molecule has 19 heavy (non-hydrogen) atoms. The number of carbonyl (C=O) groups is 1. The van der Waals surface area contributed by atoms with Gasteiger partial charge in [-0.2, -0.15) is 5.01 Å². The van der Waals surface area contributed by atoms with Crippen LogP contribution in [0.25, 0.3) is 0 Å². The zero-order valence-corrected chi connectivity index (χ0v) is 11.5. The Morgan fingerprint density at radius 1 is 1.58 bits per heavy atom. The summed E-state index contributed by atoms with van der Waals surface area (Å²) in [4.78, 5) is 31.7. The van der Waals surface area contributed by atoms with E-state index >= 15 is 0 Å². The van der Waals surface area contributed by atoms with E-state index in [9.17, 15) is 9.70 Å². The Kier molecular flexibility index (Phi) is 5.43. The van der Waals surface area contributed by atoms with Crippen molar-refractivity contribution in [3.8, 4) is 0 Å². The number of alkyl halides is 1. The highest BCUT2D eigenvalue weighted by molar-refractivity contribution is 6.18. The normalized spacial score (nSPS) is 10.1. The second kappa shape index (κ2) is 6.83. The number of hydrogen-bond acceptors (Lipinski definition) is 6. The van der Waals surface area contributed by atoms with E-state index in [1.54, 1.807) is 13.1 Å². The number of amides is 2. The highest BCUT2D eigenvalue weighted by Crippen LogP contribution is 2.11.